The average Bonchev–Trinajstić information content (AvgIpc) is 3.07. The quantitative estimate of drug-likeness (QED) is 0.774. The minimum Gasteiger partial charge on any atom is -0.495 e. The molecule has 3 rings (SSSR count). The maximum absolute atomic E-state index is 12.7. The lowest BCUT2D eigenvalue weighted by Gasteiger charge is -2.20. The minimum atomic E-state index is -0.447. The van der Waals surface area contributed by atoms with Gasteiger partial charge >= 0.3 is 12.0 Å². The van der Waals surface area contributed by atoms with Crippen molar-refractivity contribution in [2.24, 2.45) is 0 Å². The van der Waals surface area contributed by atoms with Gasteiger partial charge in [0.1, 0.15) is 12.3 Å². The Hall–Kier alpha value is -3.55. The van der Waals surface area contributed by atoms with Crippen molar-refractivity contribution < 1.29 is 23.9 Å². The summed E-state index contributed by atoms with van der Waals surface area (Å²) in [4.78, 5) is 39.5. The Kier molecular flexibility index (Phi) is 5.78. The van der Waals surface area contributed by atoms with E-state index < -0.39 is 5.97 Å². The topological polar surface area (TPSA) is 88.2 Å². The zero-order chi connectivity index (χ0) is 20.1. The highest BCUT2D eigenvalue weighted by Crippen LogP contribution is 2.30. The van der Waals surface area contributed by atoms with Gasteiger partial charge in [0.25, 0.3) is 0 Å². The molecule has 28 heavy (non-hydrogen) atoms. The molecule has 2 aromatic carbocycles. The molecule has 8 heteroatoms. The number of amides is 3. The SMILES string of the molecule is COC(=O)c1ccc(NC(=O)CN2CCN(c3ccccc3OC)C2=O)cc1. The van der Waals surface area contributed by atoms with E-state index >= 15 is 0 Å². The number of hydrogen-bond acceptors (Lipinski definition) is 5. The fraction of sp³-hybridized carbons (Fsp3) is 0.250. The number of esters is 1. The summed E-state index contributed by atoms with van der Waals surface area (Å²) >= 11 is 0. The van der Waals surface area contributed by atoms with Crippen LogP contribution in [-0.2, 0) is 9.53 Å². The Labute approximate surface area is 162 Å². The summed E-state index contributed by atoms with van der Waals surface area (Å²) in [6.45, 7) is 0.842. The number of nitrogens with zero attached hydrogens (tertiary/aromatic N) is 2. The molecule has 0 aromatic heterocycles. The summed E-state index contributed by atoms with van der Waals surface area (Å²) in [5.74, 6) is -0.161. The summed E-state index contributed by atoms with van der Waals surface area (Å²) in [6.07, 6.45) is 0. The van der Waals surface area contributed by atoms with Crippen LogP contribution in [0.1, 0.15) is 10.4 Å². The van der Waals surface area contributed by atoms with Gasteiger partial charge in [-0.1, -0.05) is 12.1 Å². The highest BCUT2D eigenvalue weighted by molar-refractivity contribution is 6.00. The molecule has 3 amide bonds. The zero-order valence-electron chi connectivity index (χ0n) is 15.7. The van der Waals surface area contributed by atoms with Crippen LogP contribution in [0.3, 0.4) is 0 Å². The van der Waals surface area contributed by atoms with Crippen LogP contribution >= 0.6 is 0 Å². The molecule has 0 radical (unpaired) electrons. The zero-order valence-corrected chi connectivity index (χ0v) is 15.7. The van der Waals surface area contributed by atoms with Gasteiger partial charge in [-0.2, -0.15) is 0 Å². The standard InChI is InChI=1S/C20H21N3O5/c1-27-17-6-4-3-5-16(17)23-12-11-22(20(23)26)13-18(24)21-15-9-7-14(8-10-15)19(25)28-2/h3-10H,11-13H2,1-2H3,(H,21,24). The van der Waals surface area contributed by atoms with E-state index in [0.717, 1.165) is 0 Å². The molecule has 0 spiro atoms. The van der Waals surface area contributed by atoms with Gasteiger partial charge in [-0.05, 0) is 36.4 Å². The summed E-state index contributed by atoms with van der Waals surface area (Å²) in [5, 5.41) is 2.72. The van der Waals surface area contributed by atoms with E-state index in [2.05, 4.69) is 10.1 Å². The van der Waals surface area contributed by atoms with Gasteiger partial charge in [-0.25, -0.2) is 9.59 Å². The third-order valence-corrected chi connectivity index (χ3v) is 4.40. The number of anilines is 2. The maximum atomic E-state index is 12.7. The number of carbonyl (C=O) groups excluding carboxylic acids is 3. The highest BCUT2D eigenvalue weighted by atomic mass is 16.5. The number of urea groups is 1. The molecular formula is C20H21N3O5. The average molecular weight is 383 g/mol. The lowest BCUT2D eigenvalue weighted by atomic mass is 10.2. The van der Waals surface area contributed by atoms with Crippen molar-refractivity contribution in [2.45, 2.75) is 0 Å². The summed E-state index contributed by atoms with van der Waals surface area (Å²) < 4.78 is 9.95. The molecule has 1 aliphatic heterocycles. The molecule has 0 unspecified atom stereocenters. The predicted molar refractivity (Wildman–Crippen MR) is 104 cm³/mol. The summed E-state index contributed by atoms with van der Waals surface area (Å²) in [6, 6.07) is 13.4. The predicted octanol–water partition coefficient (Wildman–Crippen LogP) is 2.36. The van der Waals surface area contributed by atoms with Crippen molar-refractivity contribution in [3.8, 4) is 5.75 Å². The Morgan fingerprint density at radius 1 is 1.04 bits per heavy atom. The molecule has 8 nitrogen and oxygen atoms in total. The number of nitrogens with one attached hydrogen (secondary N) is 1. The van der Waals surface area contributed by atoms with Gasteiger partial charge in [0, 0.05) is 18.8 Å². The Morgan fingerprint density at radius 3 is 2.43 bits per heavy atom. The molecule has 146 valence electrons. The first kappa shape index (κ1) is 19.2. The third kappa shape index (κ3) is 4.06. The maximum Gasteiger partial charge on any atom is 0.337 e. The Balaban J connectivity index is 1.60. The Bertz CT molecular complexity index is 882. The van der Waals surface area contributed by atoms with Crippen molar-refractivity contribution >= 4 is 29.3 Å². The number of hydrogen-bond donors (Lipinski definition) is 1. The molecule has 1 fully saturated rings. The van der Waals surface area contributed by atoms with Crippen LogP contribution in [0.15, 0.2) is 48.5 Å². The first-order valence-electron chi connectivity index (χ1n) is 8.71. The molecule has 1 aliphatic rings. The van der Waals surface area contributed by atoms with Crippen LogP contribution in [0.5, 0.6) is 5.75 Å². The molecule has 1 saturated heterocycles. The van der Waals surface area contributed by atoms with Crippen LogP contribution < -0.4 is 15.0 Å². The summed E-state index contributed by atoms with van der Waals surface area (Å²) in [5.41, 5.74) is 1.60. The van der Waals surface area contributed by atoms with Crippen LogP contribution in [0.25, 0.3) is 0 Å². The van der Waals surface area contributed by atoms with Gasteiger partial charge in [0.05, 0.1) is 25.5 Å². The first-order chi connectivity index (χ1) is 13.5. The number of ether oxygens (including phenoxy) is 2. The van der Waals surface area contributed by atoms with Crippen molar-refractivity contribution in [1.29, 1.82) is 0 Å². The molecule has 0 bridgehead atoms. The van der Waals surface area contributed by atoms with Crippen LogP contribution in [0.2, 0.25) is 0 Å². The summed E-state index contributed by atoms with van der Waals surface area (Å²) in [7, 11) is 2.86. The van der Waals surface area contributed by atoms with E-state index in [9.17, 15) is 14.4 Å². The van der Waals surface area contributed by atoms with Crippen molar-refractivity contribution in [2.75, 3.05) is 44.1 Å². The van der Waals surface area contributed by atoms with Crippen LogP contribution in [-0.4, -0.2) is 56.7 Å². The number of rotatable bonds is 6. The Morgan fingerprint density at radius 2 is 1.75 bits per heavy atom. The first-order valence-corrected chi connectivity index (χ1v) is 8.71. The number of benzene rings is 2. The molecule has 0 aliphatic carbocycles. The number of para-hydroxylation sites is 2. The van der Waals surface area contributed by atoms with E-state index in [4.69, 9.17) is 4.74 Å². The minimum absolute atomic E-state index is 0.0662. The second-order valence-corrected chi connectivity index (χ2v) is 6.14. The van der Waals surface area contributed by atoms with Crippen molar-refractivity contribution in [3.05, 3.63) is 54.1 Å². The van der Waals surface area contributed by atoms with E-state index in [1.54, 1.807) is 42.3 Å². The van der Waals surface area contributed by atoms with Crippen LogP contribution in [0.4, 0.5) is 16.2 Å². The fourth-order valence-electron chi connectivity index (χ4n) is 2.99. The van der Waals surface area contributed by atoms with E-state index in [1.165, 1.54) is 12.0 Å². The van der Waals surface area contributed by atoms with Crippen molar-refractivity contribution in [3.63, 3.8) is 0 Å². The lowest BCUT2D eigenvalue weighted by molar-refractivity contribution is -0.116. The van der Waals surface area contributed by atoms with Gasteiger partial charge in [-0.15, -0.1) is 0 Å². The molecule has 1 heterocycles. The molecule has 1 N–H and O–H groups in total. The second-order valence-electron chi connectivity index (χ2n) is 6.14. The largest absolute Gasteiger partial charge is 0.495 e. The molecule has 2 aromatic rings. The van der Waals surface area contributed by atoms with Gasteiger partial charge in [0.15, 0.2) is 0 Å². The van der Waals surface area contributed by atoms with Gasteiger partial charge < -0.3 is 19.7 Å². The van der Waals surface area contributed by atoms with Crippen LogP contribution in [0, 0.1) is 0 Å². The highest BCUT2D eigenvalue weighted by Gasteiger charge is 2.32. The van der Waals surface area contributed by atoms with E-state index in [0.29, 0.717) is 35.8 Å². The normalized spacial score (nSPS) is 13.4. The van der Waals surface area contributed by atoms with Gasteiger partial charge in [0.2, 0.25) is 5.91 Å². The smallest absolute Gasteiger partial charge is 0.337 e. The lowest BCUT2D eigenvalue weighted by Crippen LogP contribution is -2.37. The third-order valence-electron chi connectivity index (χ3n) is 4.40. The van der Waals surface area contributed by atoms with Gasteiger partial charge in [-0.3, -0.25) is 9.69 Å². The fourth-order valence-corrected chi connectivity index (χ4v) is 2.99. The van der Waals surface area contributed by atoms with Crippen molar-refractivity contribution in [1.82, 2.24) is 4.90 Å². The van der Waals surface area contributed by atoms with E-state index in [1.807, 2.05) is 18.2 Å². The monoisotopic (exact) mass is 383 g/mol. The molecule has 0 saturated carbocycles. The van der Waals surface area contributed by atoms with E-state index in [-0.39, 0.29) is 18.5 Å². The second kappa shape index (κ2) is 8.43. The molecule has 0 atom stereocenters. The molecular weight excluding hydrogens is 362 g/mol. The number of carbonyl (C=O) groups is 3. The number of methoxy groups -OCH3 is 2.